The topological polar surface area (TPSA) is 94.9 Å². The molecule has 2 aliphatic rings. The maximum atomic E-state index is 14.4. The molecule has 3 aromatic rings. The molecule has 1 unspecified atom stereocenters. The minimum absolute atomic E-state index is 0.0238. The lowest BCUT2D eigenvalue weighted by Gasteiger charge is -2.45. The zero-order chi connectivity index (χ0) is 30.0. The summed E-state index contributed by atoms with van der Waals surface area (Å²) >= 11 is 0. The summed E-state index contributed by atoms with van der Waals surface area (Å²) in [6.07, 6.45) is 5.24. The van der Waals surface area contributed by atoms with Gasteiger partial charge in [0.1, 0.15) is 17.9 Å². The minimum Gasteiger partial charge on any atom is -0.497 e. The number of hydroxylamine groups is 2. The molecule has 1 aromatic heterocycles. The number of benzene rings is 2. The normalized spacial score (nSPS) is 24.0. The van der Waals surface area contributed by atoms with E-state index in [1.165, 1.54) is 35.6 Å². The van der Waals surface area contributed by atoms with Crippen LogP contribution in [0.25, 0.3) is 10.9 Å². The number of hydrogen-bond acceptors (Lipinski definition) is 8. The van der Waals surface area contributed by atoms with Crippen LogP contribution in [0, 0.1) is 17.2 Å². The molecule has 5 rings (SSSR count). The van der Waals surface area contributed by atoms with Crippen LogP contribution in [-0.4, -0.2) is 69.8 Å². The molecule has 9 nitrogen and oxygen atoms in total. The first-order valence-electron chi connectivity index (χ1n) is 15.1. The predicted molar refractivity (Wildman–Crippen MR) is 163 cm³/mol. The first kappa shape index (κ1) is 30.4. The summed E-state index contributed by atoms with van der Waals surface area (Å²) in [4.78, 5) is 20.2. The van der Waals surface area contributed by atoms with Crippen LogP contribution < -0.4 is 20.9 Å². The van der Waals surface area contributed by atoms with Crippen molar-refractivity contribution in [2.24, 2.45) is 11.3 Å². The second-order valence-corrected chi connectivity index (χ2v) is 12.9. The number of methoxy groups -OCH3 is 1. The van der Waals surface area contributed by atoms with Gasteiger partial charge >= 0.3 is 0 Å². The molecule has 2 fully saturated rings. The van der Waals surface area contributed by atoms with Crippen molar-refractivity contribution in [1.29, 1.82) is 0 Å². The lowest BCUT2D eigenvalue weighted by Crippen LogP contribution is -2.62. The average Bonchev–Trinajstić information content (AvgIpc) is 2.95. The van der Waals surface area contributed by atoms with Gasteiger partial charge in [-0.3, -0.25) is 19.6 Å². The number of anilines is 1. The Morgan fingerprint density at radius 2 is 2.00 bits per heavy atom. The van der Waals surface area contributed by atoms with Crippen molar-refractivity contribution in [3.63, 3.8) is 0 Å². The van der Waals surface area contributed by atoms with Gasteiger partial charge in [-0.25, -0.2) is 9.37 Å². The molecule has 42 heavy (non-hydrogen) atoms. The lowest BCUT2D eigenvalue weighted by atomic mass is 9.70. The van der Waals surface area contributed by atoms with E-state index < -0.39 is 0 Å². The minimum atomic E-state index is -0.351. The molecule has 1 aliphatic heterocycles. The van der Waals surface area contributed by atoms with Crippen LogP contribution in [0.1, 0.15) is 52.5 Å². The summed E-state index contributed by atoms with van der Waals surface area (Å²) in [5.74, 6) is 0.652. The van der Waals surface area contributed by atoms with Gasteiger partial charge in [-0.1, -0.05) is 26.8 Å². The van der Waals surface area contributed by atoms with Crippen molar-refractivity contribution in [1.82, 2.24) is 24.8 Å². The van der Waals surface area contributed by atoms with E-state index in [-0.39, 0.29) is 23.7 Å². The van der Waals surface area contributed by atoms with Gasteiger partial charge in [0.15, 0.2) is 0 Å². The fourth-order valence-corrected chi connectivity index (χ4v) is 6.51. The van der Waals surface area contributed by atoms with Crippen molar-refractivity contribution in [2.45, 2.75) is 78.3 Å². The molecule has 1 saturated carbocycles. The standard InChI is InChI=1S/C32H45FN6O3/c1-21-18-32(3,4)12-10-28(21)36-31(37-14-15-39(41)22(2)19-37)35-24-7-9-26-29(16-24)34-20-38(30(26)40)13-11-23-6-8-25(42-5)17-27(23)33/h6-9,16-17,20-22,28,31,35-36,41H,10-15,18-19H2,1-5H3/t21-,22-,28?,31-/m0/s1. The number of halogens is 1. The van der Waals surface area contributed by atoms with Crippen LogP contribution in [0.15, 0.2) is 47.5 Å². The molecule has 2 heterocycles. The van der Waals surface area contributed by atoms with Crippen molar-refractivity contribution in [3.05, 3.63) is 64.5 Å². The molecule has 4 atom stereocenters. The van der Waals surface area contributed by atoms with Gasteiger partial charge in [-0.05, 0) is 73.8 Å². The Bertz CT molecular complexity index is 1450. The summed E-state index contributed by atoms with van der Waals surface area (Å²) in [5.41, 5.74) is 2.21. The third kappa shape index (κ3) is 6.94. The van der Waals surface area contributed by atoms with E-state index in [2.05, 4.69) is 41.3 Å². The van der Waals surface area contributed by atoms with Gasteiger partial charge in [-0.15, -0.1) is 0 Å². The number of aryl methyl sites for hydroxylation is 2. The largest absolute Gasteiger partial charge is 0.497 e. The summed E-state index contributed by atoms with van der Waals surface area (Å²) in [5, 5.41) is 19.7. The number of piperazine rings is 1. The van der Waals surface area contributed by atoms with Crippen LogP contribution in [0.5, 0.6) is 5.75 Å². The summed E-state index contributed by atoms with van der Waals surface area (Å²) in [6, 6.07) is 10.8. The molecule has 0 radical (unpaired) electrons. The Kier molecular flexibility index (Phi) is 9.17. The number of aromatic nitrogens is 2. The Morgan fingerprint density at radius 3 is 2.71 bits per heavy atom. The average molecular weight is 581 g/mol. The Labute approximate surface area is 247 Å². The monoisotopic (exact) mass is 580 g/mol. The Morgan fingerprint density at radius 1 is 1.19 bits per heavy atom. The molecule has 228 valence electrons. The summed E-state index contributed by atoms with van der Waals surface area (Å²) in [7, 11) is 1.50. The summed E-state index contributed by atoms with van der Waals surface area (Å²) < 4.78 is 21.0. The van der Waals surface area contributed by atoms with E-state index in [0.717, 1.165) is 25.2 Å². The number of rotatable bonds is 9. The lowest BCUT2D eigenvalue weighted by molar-refractivity contribution is -0.155. The molecule has 0 amide bonds. The molecule has 1 aliphatic carbocycles. The maximum absolute atomic E-state index is 14.4. The zero-order valence-electron chi connectivity index (χ0n) is 25.4. The SMILES string of the molecule is COc1ccc(CCn2cnc3cc(N[C@@H](NC4CCC(C)(C)C[C@@H]4C)N4CCN(O)[C@@H](C)C4)ccc3c2=O)c(F)c1. The van der Waals surface area contributed by atoms with Gasteiger partial charge in [0, 0.05) is 50.0 Å². The highest BCUT2D eigenvalue weighted by Gasteiger charge is 2.35. The smallest absolute Gasteiger partial charge is 0.261 e. The highest BCUT2D eigenvalue weighted by Crippen LogP contribution is 2.38. The maximum Gasteiger partial charge on any atom is 0.261 e. The van der Waals surface area contributed by atoms with E-state index in [1.54, 1.807) is 18.5 Å². The molecule has 0 spiro atoms. The highest BCUT2D eigenvalue weighted by molar-refractivity contribution is 5.81. The quantitative estimate of drug-likeness (QED) is 0.314. The van der Waals surface area contributed by atoms with Crippen LogP contribution >= 0.6 is 0 Å². The number of nitrogens with one attached hydrogen (secondary N) is 2. The zero-order valence-corrected chi connectivity index (χ0v) is 25.4. The fourth-order valence-electron chi connectivity index (χ4n) is 6.51. The van der Waals surface area contributed by atoms with Crippen LogP contribution in [0.3, 0.4) is 0 Å². The third-order valence-corrected chi connectivity index (χ3v) is 9.07. The number of nitrogens with zero attached hydrogens (tertiary/aromatic N) is 4. The fraction of sp³-hybridized carbons (Fsp3) is 0.562. The summed E-state index contributed by atoms with van der Waals surface area (Å²) in [6.45, 7) is 11.4. The predicted octanol–water partition coefficient (Wildman–Crippen LogP) is 4.68. The van der Waals surface area contributed by atoms with Crippen molar-refractivity contribution >= 4 is 16.6 Å². The van der Waals surface area contributed by atoms with E-state index in [1.807, 2.05) is 25.1 Å². The first-order chi connectivity index (χ1) is 20.0. The molecule has 1 saturated heterocycles. The van der Waals surface area contributed by atoms with Crippen molar-refractivity contribution in [3.8, 4) is 5.75 Å². The van der Waals surface area contributed by atoms with E-state index in [9.17, 15) is 14.4 Å². The highest BCUT2D eigenvalue weighted by atomic mass is 19.1. The molecular weight excluding hydrogens is 535 g/mol. The van der Waals surface area contributed by atoms with E-state index >= 15 is 0 Å². The Balaban J connectivity index is 1.33. The number of ether oxygens (including phenoxy) is 1. The number of fused-ring (bicyclic) bond motifs is 1. The van der Waals surface area contributed by atoms with Crippen LogP contribution in [0.2, 0.25) is 0 Å². The first-order valence-corrected chi connectivity index (χ1v) is 15.1. The van der Waals surface area contributed by atoms with Crippen LogP contribution in [-0.2, 0) is 13.0 Å². The molecule has 3 N–H and O–H groups in total. The van der Waals surface area contributed by atoms with Gasteiger partial charge in [0.05, 0.1) is 24.3 Å². The van der Waals surface area contributed by atoms with Gasteiger partial charge in [0.25, 0.3) is 5.56 Å². The second kappa shape index (κ2) is 12.7. The van der Waals surface area contributed by atoms with Gasteiger partial charge in [0.2, 0.25) is 0 Å². The van der Waals surface area contributed by atoms with Crippen molar-refractivity contribution in [2.75, 3.05) is 32.1 Å². The Hall–Kier alpha value is -3.05. The number of hydrogen-bond donors (Lipinski definition) is 3. The second-order valence-electron chi connectivity index (χ2n) is 12.9. The molecule has 2 aromatic carbocycles. The molecule has 10 heteroatoms. The third-order valence-electron chi connectivity index (χ3n) is 9.07. The van der Waals surface area contributed by atoms with E-state index in [4.69, 9.17) is 4.74 Å². The van der Waals surface area contributed by atoms with Gasteiger partial charge in [-0.2, -0.15) is 5.06 Å². The van der Waals surface area contributed by atoms with Crippen LogP contribution in [0.4, 0.5) is 10.1 Å². The van der Waals surface area contributed by atoms with Crippen molar-refractivity contribution < 1.29 is 14.3 Å². The molecular formula is C32H45FN6O3. The van der Waals surface area contributed by atoms with E-state index in [0.29, 0.717) is 59.1 Å². The molecule has 0 bridgehead atoms. The van der Waals surface area contributed by atoms with Gasteiger partial charge < -0.3 is 15.3 Å².